The third-order valence-corrected chi connectivity index (χ3v) is 4.50. The van der Waals surface area contributed by atoms with Crippen LogP contribution >= 0.6 is 0 Å². The van der Waals surface area contributed by atoms with Gasteiger partial charge in [-0.15, -0.1) is 0 Å². The van der Waals surface area contributed by atoms with Crippen molar-refractivity contribution in [1.82, 2.24) is 10.2 Å². The molecule has 1 atom stereocenters. The molecule has 1 saturated carbocycles. The van der Waals surface area contributed by atoms with E-state index in [0.29, 0.717) is 6.04 Å². The Kier molecular flexibility index (Phi) is 6.02. The third-order valence-electron chi connectivity index (χ3n) is 4.50. The molecule has 1 aliphatic carbocycles. The van der Waals surface area contributed by atoms with Crippen LogP contribution in [-0.4, -0.2) is 36.2 Å². The van der Waals surface area contributed by atoms with Crippen LogP contribution in [0.4, 0.5) is 0 Å². The van der Waals surface area contributed by atoms with Crippen LogP contribution in [0.1, 0.15) is 49.8 Å². The van der Waals surface area contributed by atoms with Crippen molar-refractivity contribution in [1.29, 1.82) is 0 Å². The predicted octanol–water partition coefficient (Wildman–Crippen LogP) is 2.70. The molecule has 2 rings (SSSR count). The van der Waals surface area contributed by atoms with Crippen LogP contribution in [0.3, 0.4) is 0 Å². The first-order valence-electron chi connectivity index (χ1n) is 7.84. The van der Waals surface area contributed by atoms with E-state index in [4.69, 9.17) is 0 Å². The minimum absolute atomic E-state index is 0.116. The second-order valence-corrected chi connectivity index (χ2v) is 6.00. The standard InChI is InChI=1S/C17H28N2O/c1-14(16-7-5-6-15(12-16)13-20)18-10-11-19(2)17-8-3-4-9-17/h5-7,12,14,17-18,20H,3-4,8-11,13H2,1-2H3. The van der Waals surface area contributed by atoms with Crippen molar-refractivity contribution in [3.05, 3.63) is 35.4 Å². The van der Waals surface area contributed by atoms with E-state index in [0.717, 1.165) is 24.7 Å². The maximum Gasteiger partial charge on any atom is 0.0681 e. The lowest BCUT2D eigenvalue weighted by Crippen LogP contribution is -2.36. The molecule has 0 radical (unpaired) electrons. The number of hydrogen-bond donors (Lipinski definition) is 2. The molecular weight excluding hydrogens is 248 g/mol. The number of benzene rings is 1. The number of likely N-dealkylation sites (N-methyl/N-ethyl adjacent to an activating group) is 1. The van der Waals surface area contributed by atoms with Gasteiger partial charge in [0.25, 0.3) is 0 Å². The summed E-state index contributed by atoms with van der Waals surface area (Å²) in [6.07, 6.45) is 5.52. The zero-order chi connectivity index (χ0) is 14.4. The van der Waals surface area contributed by atoms with E-state index >= 15 is 0 Å². The molecule has 1 fully saturated rings. The van der Waals surface area contributed by atoms with Crippen molar-refractivity contribution < 1.29 is 5.11 Å². The number of hydrogen-bond acceptors (Lipinski definition) is 3. The zero-order valence-electron chi connectivity index (χ0n) is 12.8. The first-order chi connectivity index (χ1) is 9.70. The van der Waals surface area contributed by atoms with Crippen molar-refractivity contribution in [2.75, 3.05) is 20.1 Å². The monoisotopic (exact) mass is 276 g/mol. The molecule has 2 N–H and O–H groups in total. The van der Waals surface area contributed by atoms with Gasteiger partial charge < -0.3 is 15.3 Å². The summed E-state index contributed by atoms with van der Waals surface area (Å²) < 4.78 is 0. The van der Waals surface area contributed by atoms with Crippen molar-refractivity contribution >= 4 is 0 Å². The molecular formula is C17H28N2O. The number of rotatable bonds is 7. The van der Waals surface area contributed by atoms with Crippen LogP contribution in [0.25, 0.3) is 0 Å². The second kappa shape index (κ2) is 7.77. The molecule has 0 heterocycles. The molecule has 0 amide bonds. The maximum absolute atomic E-state index is 9.19. The van der Waals surface area contributed by atoms with Gasteiger partial charge in [-0.25, -0.2) is 0 Å². The molecule has 20 heavy (non-hydrogen) atoms. The summed E-state index contributed by atoms with van der Waals surface area (Å²) >= 11 is 0. The highest BCUT2D eigenvalue weighted by molar-refractivity contribution is 5.25. The van der Waals surface area contributed by atoms with Gasteiger partial charge in [-0.05, 0) is 37.9 Å². The van der Waals surface area contributed by atoms with Gasteiger partial charge in [-0.2, -0.15) is 0 Å². The molecule has 0 saturated heterocycles. The fourth-order valence-corrected chi connectivity index (χ4v) is 3.06. The Bertz CT molecular complexity index is 402. The van der Waals surface area contributed by atoms with Crippen LogP contribution in [0, 0.1) is 0 Å². The van der Waals surface area contributed by atoms with Crippen molar-refractivity contribution in [3.8, 4) is 0 Å². The highest BCUT2D eigenvalue weighted by Crippen LogP contribution is 2.22. The van der Waals surface area contributed by atoms with E-state index in [2.05, 4.69) is 36.3 Å². The topological polar surface area (TPSA) is 35.5 Å². The Balaban J connectivity index is 1.75. The summed E-state index contributed by atoms with van der Waals surface area (Å²) in [5, 5.41) is 12.8. The van der Waals surface area contributed by atoms with Gasteiger partial charge in [0.1, 0.15) is 0 Å². The van der Waals surface area contributed by atoms with Crippen molar-refractivity contribution in [3.63, 3.8) is 0 Å². The highest BCUT2D eigenvalue weighted by Gasteiger charge is 2.18. The third kappa shape index (κ3) is 4.30. The fourth-order valence-electron chi connectivity index (χ4n) is 3.06. The molecule has 3 nitrogen and oxygen atoms in total. The lowest BCUT2D eigenvalue weighted by molar-refractivity contribution is 0.243. The van der Waals surface area contributed by atoms with Crippen LogP contribution in [0.15, 0.2) is 24.3 Å². The molecule has 112 valence electrons. The zero-order valence-corrected chi connectivity index (χ0v) is 12.8. The van der Waals surface area contributed by atoms with Gasteiger partial charge in [0.2, 0.25) is 0 Å². The van der Waals surface area contributed by atoms with E-state index in [1.807, 2.05) is 12.1 Å². The normalized spacial score (nSPS) is 17.8. The summed E-state index contributed by atoms with van der Waals surface area (Å²) in [6, 6.07) is 9.31. The van der Waals surface area contributed by atoms with E-state index < -0.39 is 0 Å². The summed E-state index contributed by atoms with van der Waals surface area (Å²) in [6.45, 7) is 4.42. The van der Waals surface area contributed by atoms with Crippen molar-refractivity contribution in [2.45, 2.75) is 51.3 Å². The van der Waals surface area contributed by atoms with Crippen LogP contribution in [-0.2, 0) is 6.61 Å². The molecule has 1 aromatic rings. The minimum Gasteiger partial charge on any atom is -0.392 e. The van der Waals surface area contributed by atoms with E-state index in [9.17, 15) is 5.11 Å². The maximum atomic E-state index is 9.19. The molecule has 0 aliphatic heterocycles. The Morgan fingerprint density at radius 2 is 2.10 bits per heavy atom. The SMILES string of the molecule is CC(NCCN(C)C1CCCC1)c1cccc(CO)c1. The van der Waals surface area contributed by atoms with Gasteiger partial charge in [0.15, 0.2) is 0 Å². The van der Waals surface area contributed by atoms with Gasteiger partial charge >= 0.3 is 0 Å². The lowest BCUT2D eigenvalue weighted by Gasteiger charge is -2.25. The van der Waals surface area contributed by atoms with Gasteiger partial charge in [-0.3, -0.25) is 0 Å². The second-order valence-electron chi connectivity index (χ2n) is 6.00. The van der Waals surface area contributed by atoms with E-state index in [1.54, 1.807) is 0 Å². The van der Waals surface area contributed by atoms with Crippen LogP contribution in [0.5, 0.6) is 0 Å². The minimum atomic E-state index is 0.116. The Labute approximate surface area is 123 Å². The molecule has 0 spiro atoms. The number of aliphatic hydroxyl groups excluding tert-OH is 1. The first-order valence-corrected chi connectivity index (χ1v) is 7.84. The molecule has 1 aliphatic rings. The summed E-state index contributed by atoms with van der Waals surface area (Å²) in [5.41, 5.74) is 2.24. The quantitative estimate of drug-likeness (QED) is 0.804. The average molecular weight is 276 g/mol. The van der Waals surface area contributed by atoms with Crippen LogP contribution < -0.4 is 5.32 Å². The van der Waals surface area contributed by atoms with E-state index in [-0.39, 0.29) is 6.61 Å². The number of nitrogens with one attached hydrogen (secondary N) is 1. The number of nitrogens with zero attached hydrogens (tertiary/aromatic N) is 1. The predicted molar refractivity (Wildman–Crippen MR) is 83.7 cm³/mol. The largest absolute Gasteiger partial charge is 0.392 e. The molecule has 1 aromatic carbocycles. The lowest BCUT2D eigenvalue weighted by atomic mass is 10.1. The van der Waals surface area contributed by atoms with Gasteiger partial charge in [0, 0.05) is 25.2 Å². The summed E-state index contributed by atoms with van der Waals surface area (Å²) in [5.74, 6) is 0. The summed E-state index contributed by atoms with van der Waals surface area (Å²) in [4.78, 5) is 2.50. The van der Waals surface area contributed by atoms with Crippen LogP contribution in [0.2, 0.25) is 0 Å². The average Bonchev–Trinajstić information content (AvgIpc) is 3.01. The Hall–Kier alpha value is -0.900. The molecule has 0 aromatic heterocycles. The smallest absolute Gasteiger partial charge is 0.0681 e. The Morgan fingerprint density at radius 1 is 1.35 bits per heavy atom. The van der Waals surface area contributed by atoms with Crippen molar-refractivity contribution in [2.24, 2.45) is 0 Å². The Morgan fingerprint density at radius 3 is 2.80 bits per heavy atom. The number of aliphatic hydroxyl groups is 1. The van der Waals surface area contributed by atoms with E-state index in [1.165, 1.54) is 31.2 Å². The fraction of sp³-hybridized carbons (Fsp3) is 0.647. The molecule has 3 heteroatoms. The summed E-state index contributed by atoms with van der Waals surface area (Å²) in [7, 11) is 2.24. The molecule has 0 bridgehead atoms. The molecule has 1 unspecified atom stereocenters. The van der Waals surface area contributed by atoms with Gasteiger partial charge in [0.05, 0.1) is 6.61 Å². The highest BCUT2D eigenvalue weighted by atomic mass is 16.3. The van der Waals surface area contributed by atoms with Gasteiger partial charge in [-0.1, -0.05) is 37.1 Å². The first kappa shape index (κ1) is 15.5.